The van der Waals surface area contributed by atoms with Crippen LogP contribution in [0.5, 0.6) is 0 Å². The summed E-state index contributed by atoms with van der Waals surface area (Å²) in [6.07, 6.45) is 6.81. The zero-order valence-electron chi connectivity index (χ0n) is 13.9. The van der Waals surface area contributed by atoms with Crippen LogP contribution >= 0.6 is 0 Å². The second-order valence-corrected chi connectivity index (χ2v) is 6.32. The summed E-state index contributed by atoms with van der Waals surface area (Å²) in [5.41, 5.74) is 0.722. The summed E-state index contributed by atoms with van der Waals surface area (Å²) in [4.78, 5) is 22.6. The van der Waals surface area contributed by atoms with E-state index in [4.69, 9.17) is 4.52 Å². The molecule has 1 amide bonds. The lowest BCUT2D eigenvalue weighted by molar-refractivity contribution is 0.0906. The first-order chi connectivity index (χ1) is 11.7. The van der Waals surface area contributed by atoms with Gasteiger partial charge in [-0.1, -0.05) is 12.1 Å². The van der Waals surface area contributed by atoms with Crippen molar-refractivity contribution in [3.63, 3.8) is 0 Å². The van der Waals surface area contributed by atoms with E-state index in [1.165, 1.54) is 12.8 Å². The highest BCUT2D eigenvalue weighted by atomic mass is 16.5. The van der Waals surface area contributed by atoms with Crippen LogP contribution in [0.4, 0.5) is 0 Å². The molecule has 3 rings (SSSR count). The van der Waals surface area contributed by atoms with Crippen molar-refractivity contribution in [2.75, 3.05) is 26.2 Å². The number of hydrogen-bond acceptors (Lipinski definition) is 6. The maximum atomic E-state index is 12.1. The van der Waals surface area contributed by atoms with Crippen LogP contribution in [0.25, 0.3) is 11.4 Å². The van der Waals surface area contributed by atoms with Crippen molar-refractivity contribution >= 4 is 5.91 Å². The number of amides is 1. The van der Waals surface area contributed by atoms with Gasteiger partial charge in [0.1, 0.15) is 0 Å². The van der Waals surface area contributed by atoms with E-state index in [1.807, 2.05) is 6.07 Å². The van der Waals surface area contributed by atoms with Gasteiger partial charge in [-0.25, -0.2) is 0 Å². The van der Waals surface area contributed by atoms with Crippen molar-refractivity contribution in [1.82, 2.24) is 25.3 Å². The van der Waals surface area contributed by atoms with Crippen LogP contribution in [0.3, 0.4) is 0 Å². The molecule has 1 N–H and O–H groups in total. The molecule has 3 heterocycles. The number of piperidine rings is 1. The van der Waals surface area contributed by atoms with Gasteiger partial charge in [0.05, 0.1) is 0 Å². The fraction of sp³-hybridized carbons (Fsp3) is 0.529. The Morgan fingerprint density at radius 2 is 2.42 bits per heavy atom. The Hall–Kier alpha value is -2.28. The van der Waals surface area contributed by atoms with E-state index < -0.39 is 0 Å². The molecular weight excluding hydrogens is 306 g/mol. The zero-order chi connectivity index (χ0) is 16.8. The van der Waals surface area contributed by atoms with E-state index in [9.17, 15) is 4.79 Å². The van der Waals surface area contributed by atoms with E-state index in [0.717, 1.165) is 37.5 Å². The van der Waals surface area contributed by atoms with Gasteiger partial charge < -0.3 is 14.7 Å². The Morgan fingerprint density at radius 3 is 3.21 bits per heavy atom. The first-order valence-electron chi connectivity index (χ1n) is 8.47. The highest BCUT2D eigenvalue weighted by Crippen LogP contribution is 2.15. The van der Waals surface area contributed by atoms with Gasteiger partial charge in [0.25, 0.3) is 0 Å². The van der Waals surface area contributed by atoms with E-state index in [1.54, 1.807) is 18.5 Å². The molecule has 2 aromatic heterocycles. The van der Waals surface area contributed by atoms with Gasteiger partial charge in [-0.05, 0) is 50.4 Å². The van der Waals surface area contributed by atoms with Crippen molar-refractivity contribution in [1.29, 1.82) is 0 Å². The van der Waals surface area contributed by atoms with Crippen molar-refractivity contribution in [3.05, 3.63) is 30.4 Å². The van der Waals surface area contributed by atoms with Crippen LogP contribution in [0.2, 0.25) is 0 Å². The lowest BCUT2D eigenvalue weighted by atomic mass is 10.0. The second-order valence-electron chi connectivity index (χ2n) is 6.32. The molecule has 1 aliphatic heterocycles. The van der Waals surface area contributed by atoms with Gasteiger partial charge in [-0.3, -0.25) is 9.78 Å². The fourth-order valence-corrected chi connectivity index (χ4v) is 3.00. The molecule has 0 bridgehead atoms. The summed E-state index contributed by atoms with van der Waals surface area (Å²) >= 11 is 0. The molecule has 7 heteroatoms. The molecule has 1 atom stereocenters. The van der Waals surface area contributed by atoms with Crippen molar-refractivity contribution < 1.29 is 9.32 Å². The molecule has 1 aliphatic rings. The van der Waals surface area contributed by atoms with Crippen LogP contribution in [-0.4, -0.2) is 52.1 Å². The molecule has 128 valence electrons. The average Bonchev–Trinajstić information content (AvgIpc) is 3.10. The molecular formula is C17H23N5O2. The molecule has 24 heavy (non-hydrogen) atoms. The van der Waals surface area contributed by atoms with Gasteiger partial charge in [0, 0.05) is 31.0 Å². The van der Waals surface area contributed by atoms with Crippen LogP contribution in [-0.2, 0) is 0 Å². The smallest absolute Gasteiger partial charge is 0.316 e. The molecule has 1 saturated heterocycles. The lowest BCUT2D eigenvalue weighted by Gasteiger charge is -2.30. The second kappa shape index (κ2) is 8.01. The summed E-state index contributed by atoms with van der Waals surface area (Å²) in [5, 5.41) is 6.66. The standard InChI is InChI=1S/C17H23N5O2/c1-13-5-3-9-22(12-13)10-4-8-19-16(23)17-20-15(21-24-17)14-6-2-7-18-11-14/h2,6-7,11,13H,3-5,8-10,12H2,1H3,(H,19,23). The van der Waals surface area contributed by atoms with Gasteiger partial charge in [0.15, 0.2) is 0 Å². The van der Waals surface area contributed by atoms with Crippen molar-refractivity contribution in [3.8, 4) is 11.4 Å². The zero-order valence-corrected chi connectivity index (χ0v) is 13.9. The highest BCUT2D eigenvalue weighted by Gasteiger charge is 2.17. The summed E-state index contributed by atoms with van der Waals surface area (Å²) < 4.78 is 5.03. The maximum Gasteiger partial charge on any atom is 0.316 e. The van der Waals surface area contributed by atoms with E-state index in [2.05, 4.69) is 32.3 Å². The topological polar surface area (TPSA) is 84.2 Å². The van der Waals surface area contributed by atoms with Crippen LogP contribution in [0, 0.1) is 5.92 Å². The van der Waals surface area contributed by atoms with E-state index >= 15 is 0 Å². The first-order valence-corrected chi connectivity index (χ1v) is 8.47. The number of nitrogens with zero attached hydrogens (tertiary/aromatic N) is 4. The average molecular weight is 329 g/mol. The van der Waals surface area contributed by atoms with Crippen molar-refractivity contribution in [2.45, 2.75) is 26.2 Å². The molecule has 0 spiro atoms. The Labute approximate surface area is 141 Å². The molecule has 7 nitrogen and oxygen atoms in total. The van der Waals surface area contributed by atoms with Crippen molar-refractivity contribution in [2.24, 2.45) is 5.92 Å². The maximum absolute atomic E-state index is 12.1. The summed E-state index contributed by atoms with van der Waals surface area (Å²) in [5.74, 6) is 0.804. The molecule has 0 aromatic carbocycles. The molecule has 1 fully saturated rings. The minimum Gasteiger partial charge on any atom is -0.348 e. The Morgan fingerprint density at radius 1 is 1.50 bits per heavy atom. The molecule has 0 radical (unpaired) electrons. The fourth-order valence-electron chi connectivity index (χ4n) is 3.00. The third kappa shape index (κ3) is 4.38. The number of likely N-dealkylation sites (tertiary alicyclic amines) is 1. The largest absolute Gasteiger partial charge is 0.348 e. The van der Waals surface area contributed by atoms with Gasteiger partial charge in [-0.2, -0.15) is 4.98 Å². The van der Waals surface area contributed by atoms with Gasteiger partial charge in [-0.15, -0.1) is 0 Å². The Bertz CT molecular complexity index is 658. The molecule has 0 aliphatic carbocycles. The third-order valence-electron chi connectivity index (χ3n) is 4.22. The number of nitrogens with one attached hydrogen (secondary N) is 1. The number of carbonyl (C=O) groups excluding carboxylic acids is 1. The lowest BCUT2D eigenvalue weighted by Crippen LogP contribution is -2.36. The number of carbonyl (C=O) groups is 1. The normalized spacial score (nSPS) is 18.5. The minimum absolute atomic E-state index is 0.0135. The summed E-state index contributed by atoms with van der Waals surface area (Å²) in [6.45, 7) is 6.23. The van der Waals surface area contributed by atoms with E-state index in [-0.39, 0.29) is 11.8 Å². The number of pyridine rings is 1. The predicted octanol–water partition coefficient (Wildman–Crippen LogP) is 1.98. The van der Waals surface area contributed by atoms with E-state index in [0.29, 0.717) is 12.4 Å². The van der Waals surface area contributed by atoms with Gasteiger partial charge in [0.2, 0.25) is 5.82 Å². The minimum atomic E-state index is -0.329. The molecule has 2 aromatic rings. The van der Waals surface area contributed by atoms with Crippen LogP contribution < -0.4 is 5.32 Å². The molecule has 1 unspecified atom stereocenters. The highest BCUT2D eigenvalue weighted by molar-refractivity contribution is 5.89. The predicted molar refractivity (Wildman–Crippen MR) is 89.3 cm³/mol. The molecule has 0 saturated carbocycles. The monoisotopic (exact) mass is 329 g/mol. The Balaban J connectivity index is 1.43. The van der Waals surface area contributed by atoms with Crippen LogP contribution in [0.1, 0.15) is 36.9 Å². The number of aromatic nitrogens is 3. The first kappa shape index (κ1) is 16.6. The summed E-state index contributed by atoms with van der Waals surface area (Å²) in [6, 6.07) is 3.60. The van der Waals surface area contributed by atoms with Gasteiger partial charge >= 0.3 is 11.8 Å². The summed E-state index contributed by atoms with van der Waals surface area (Å²) in [7, 11) is 0. The third-order valence-corrected chi connectivity index (χ3v) is 4.22. The van der Waals surface area contributed by atoms with Crippen LogP contribution in [0.15, 0.2) is 29.0 Å². The Kier molecular flexibility index (Phi) is 5.53. The number of rotatable bonds is 6. The quantitative estimate of drug-likeness (QED) is 0.816. The number of hydrogen-bond donors (Lipinski definition) is 1. The SMILES string of the molecule is CC1CCCN(CCCNC(=O)c2nc(-c3cccnc3)no2)C1.